The topological polar surface area (TPSA) is 32.3 Å². The highest BCUT2D eigenvalue weighted by atomic mass is 32.2. The van der Waals surface area contributed by atoms with Crippen molar-refractivity contribution in [2.75, 3.05) is 18.1 Å². The van der Waals surface area contributed by atoms with Crippen molar-refractivity contribution in [2.45, 2.75) is 19.4 Å². The van der Waals surface area contributed by atoms with Gasteiger partial charge in [0.2, 0.25) is 0 Å². The third kappa shape index (κ3) is 3.89. The molecule has 0 bridgehead atoms. The molecule has 17 heavy (non-hydrogen) atoms. The van der Waals surface area contributed by atoms with E-state index in [1.165, 1.54) is 36.5 Å². The van der Waals surface area contributed by atoms with Crippen LogP contribution in [0.5, 0.6) is 5.75 Å². The number of aromatic hydroxyl groups is 1. The van der Waals surface area contributed by atoms with Gasteiger partial charge in [-0.3, -0.25) is 0 Å². The van der Waals surface area contributed by atoms with Gasteiger partial charge in [-0.05, 0) is 54.5 Å². The van der Waals surface area contributed by atoms with Crippen molar-refractivity contribution >= 4 is 11.8 Å². The summed E-state index contributed by atoms with van der Waals surface area (Å²) in [5.41, 5.74) is 0.880. The fraction of sp³-hybridized carbons (Fsp3) is 0.538. The van der Waals surface area contributed by atoms with Gasteiger partial charge in [0, 0.05) is 6.54 Å². The Morgan fingerprint density at radius 1 is 1.35 bits per heavy atom. The molecule has 94 valence electrons. The van der Waals surface area contributed by atoms with E-state index >= 15 is 0 Å². The summed E-state index contributed by atoms with van der Waals surface area (Å²) < 4.78 is 13.1. The van der Waals surface area contributed by atoms with Crippen LogP contribution in [-0.4, -0.2) is 23.2 Å². The lowest BCUT2D eigenvalue weighted by molar-refractivity contribution is 0.429. The van der Waals surface area contributed by atoms with Crippen molar-refractivity contribution in [1.82, 2.24) is 5.32 Å². The molecule has 2 N–H and O–H groups in total. The normalized spacial score (nSPS) is 17.2. The van der Waals surface area contributed by atoms with Crippen LogP contribution in [-0.2, 0) is 6.54 Å². The van der Waals surface area contributed by atoms with Crippen LogP contribution < -0.4 is 5.32 Å². The summed E-state index contributed by atoms with van der Waals surface area (Å²) in [5, 5.41) is 12.4. The maximum Gasteiger partial charge on any atom is 0.165 e. The summed E-state index contributed by atoms with van der Waals surface area (Å²) in [6, 6.07) is 4.55. The minimum absolute atomic E-state index is 0.280. The fourth-order valence-electron chi connectivity index (χ4n) is 2.03. The van der Waals surface area contributed by atoms with Crippen LogP contribution in [0.1, 0.15) is 18.4 Å². The van der Waals surface area contributed by atoms with Gasteiger partial charge >= 0.3 is 0 Å². The van der Waals surface area contributed by atoms with Crippen LogP contribution >= 0.6 is 11.8 Å². The molecule has 4 heteroatoms. The van der Waals surface area contributed by atoms with Crippen LogP contribution in [0.4, 0.5) is 4.39 Å². The SMILES string of the molecule is Oc1ccc(CNCC2CCSCC2)cc1F. The van der Waals surface area contributed by atoms with Crippen molar-refractivity contribution in [1.29, 1.82) is 0 Å². The number of benzene rings is 1. The van der Waals surface area contributed by atoms with Gasteiger partial charge < -0.3 is 10.4 Å². The van der Waals surface area contributed by atoms with Crippen LogP contribution in [0.3, 0.4) is 0 Å². The van der Waals surface area contributed by atoms with Gasteiger partial charge in [-0.1, -0.05) is 6.07 Å². The molecule has 1 aliphatic heterocycles. The van der Waals surface area contributed by atoms with Crippen molar-refractivity contribution < 1.29 is 9.50 Å². The van der Waals surface area contributed by atoms with Gasteiger partial charge in [-0.25, -0.2) is 4.39 Å². The highest BCUT2D eigenvalue weighted by Gasteiger charge is 2.12. The lowest BCUT2D eigenvalue weighted by Crippen LogP contribution is -2.25. The zero-order valence-corrected chi connectivity index (χ0v) is 10.6. The summed E-state index contributed by atoms with van der Waals surface area (Å²) in [6.45, 7) is 1.67. The fourth-order valence-corrected chi connectivity index (χ4v) is 3.24. The van der Waals surface area contributed by atoms with E-state index in [9.17, 15) is 4.39 Å². The molecule has 0 unspecified atom stereocenters. The molecule has 0 radical (unpaired) electrons. The second-order valence-electron chi connectivity index (χ2n) is 4.47. The molecule has 0 amide bonds. The smallest absolute Gasteiger partial charge is 0.165 e. The largest absolute Gasteiger partial charge is 0.505 e. The molecule has 1 saturated heterocycles. The summed E-state index contributed by atoms with van der Waals surface area (Å²) in [4.78, 5) is 0. The number of rotatable bonds is 4. The van der Waals surface area contributed by atoms with Crippen LogP contribution in [0.25, 0.3) is 0 Å². The molecule has 0 saturated carbocycles. The highest BCUT2D eigenvalue weighted by Crippen LogP contribution is 2.22. The molecule has 0 aromatic heterocycles. The first kappa shape index (κ1) is 12.7. The molecule has 1 aromatic rings. The number of nitrogens with one attached hydrogen (secondary N) is 1. The number of thioether (sulfide) groups is 1. The quantitative estimate of drug-likeness (QED) is 0.867. The first-order valence-electron chi connectivity index (χ1n) is 6.01. The Balaban J connectivity index is 1.75. The Kier molecular flexibility index (Phi) is 4.68. The van der Waals surface area contributed by atoms with E-state index in [2.05, 4.69) is 5.32 Å². The van der Waals surface area contributed by atoms with Gasteiger partial charge in [-0.2, -0.15) is 11.8 Å². The molecule has 1 fully saturated rings. The van der Waals surface area contributed by atoms with E-state index in [0.29, 0.717) is 6.54 Å². The molecule has 1 aromatic carbocycles. The predicted octanol–water partition coefficient (Wildman–Crippen LogP) is 2.76. The van der Waals surface area contributed by atoms with Crippen LogP contribution in [0, 0.1) is 11.7 Å². The van der Waals surface area contributed by atoms with E-state index in [4.69, 9.17) is 5.11 Å². The predicted molar refractivity (Wildman–Crippen MR) is 69.8 cm³/mol. The Hall–Kier alpha value is -0.740. The maximum absolute atomic E-state index is 13.1. The van der Waals surface area contributed by atoms with Gasteiger partial charge in [0.25, 0.3) is 0 Å². The third-order valence-corrected chi connectivity index (χ3v) is 4.16. The lowest BCUT2D eigenvalue weighted by Gasteiger charge is -2.21. The van der Waals surface area contributed by atoms with E-state index in [-0.39, 0.29) is 5.75 Å². The summed E-state index contributed by atoms with van der Waals surface area (Å²) >= 11 is 2.03. The standard InChI is InChI=1S/C13H18FNOS/c14-12-7-11(1-2-13(12)16)9-15-8-10-3-5-17-6-4-10/h1-2,7,10,15-16H,3-6,8-9H2. The number of phenolic OH excluding ortho intramolecular Hbond substituents is 1. The lowest BCUT2D eigenvalue weighted by atomic mass is 10.0. The molecule has 1 aliphatic rings. The zero-order chi connectivity index (χ0) is 12.1. The van der Waals surface area contributed by atoms with Crippen molar-refractivity contribution in [3.63, 3.8) is 0 Å². The monoisotopic (exact) mass is 255 g/mol. The first-order chi connectivity index (χ1) is 8.25. The second kappa shape index (κ2) is 6.26. The van der Waals surface area contributed by atoms with Crippen LogP contribution in [0.2, 0.25) is 0 Å². The Morgan fingerprint density at radius 2 is 2.12 bits per heavy atom. The number of hydrogen-bond donors (Lipinski definition) is 2. The van der Waals surface area contributed by atoms with E-state index < -0.39 is 5.82 Å². The minimum Gasteiger partial charge on any atom is -0.505 e. The maximum atomic E-state index is 13.1. The minimum atomic E-state index is -0.543. The van der Waals surface area contributed by atoms with Gasteiger partial charge in [0.1, 0.15) is 0 Å². The highest BCUT2D eigenvalue weighted by molar-refractivity contribution is 7.99. The summed E-state index contributed by atoms with van der Waals surface area (Å²) in [6.07, 6.45) is 2.56. The summed E-state index contributed by atoms with van der Waals surface area (Å²) in [7, 11) is 0. The van der Waals surface area contributed by atoms with E-state index in [1.54, 1.807) is 6.07 Å². The van der Waals surface area contributed by atoms with Crippen molar-refractivity contribution in [3.05, 3.63) is 29.6 Å². The number of phenols is 1. The molecule has 0 aliphatic carbocycles. The Morgan fingerprint density at radius 3 is 2.82 bits per heavy atom. The second-order valence-corrected chi connectivity index (χ2v) is 5.70. The van der Waals surface area contributed by atoms with Gasteiger partial charge in [0.15, 0.2) is 11.6 Å². The first-order valence-corrected chi connectivity index (χ1v) is 7.17. The number of halogens is 1. The molecule has 1 heterocycles. The zero-order valence-electron chi connectivity index (χ0n) is 9.79. The van der Waals surface area contributed by atoms with Crippen molar-refractivity contribution in [3.8, 4) is 5.75 Å². The number of hydrogen-bond acceptors (Lipinski definition) is 3. The van der Waals surface area contributed by atoms with Gasteiger partial charge in [-0.15, -0.1) is 0 Å². The molecule has 0 atom stereocenters. The third-order valence-electron chi connectivity index (χ3n) is 3.12. The molecular formula is C13H18FNOS. The Labute approximate surface area is 106 Å². The average molecular weight is 255 g/mol. The molecular weight excluding hydrogens is 237 g/mol. The molecule has 0 spiro atoms. The Bertz CT molecular complexity index is 366. The average Bonchev–Trinajstić information content (AvgIpc) is 2.35. The van der Waals surface area contributed by atoms with E-state index in [1.807, 2.05) is 11.8 Å². The molecule has 2 nitrogen and oxygen atoms in total. The van der Waals surface area contributed by atoms with E-state index in [0.717, 1.165) is 18.0 Å². The van der Waals surface area contributed by atoms with Crippen LogP contribution in [0.15, 0.2) is 18.2 Å². The van der Waals surface area contributed by atoms with Crippen molar-refractivity contribution in [2.24, 2.45) is 5.92 Å². The van der Waals surface area contributed by atoms with Gasteiger partial charge in [0.05, 0.1) is 0 Å². The molecule has 2 rings (SSSR count). The summed E-state index contributed by atoms with van der Waals surface area (Å²) in [5.74, 6) is 2.47.